The summed E-state index contributed by atoms with van der Waals surface area (Å²) in [5.74, 6) is -1.83. The molecule has 1 heterocycles. The van der Waals surface area contributed by atoms with Crippen LogP contribution in [0.1, 0.15) is 42.2 Å². The maximum absolute atomic E-state index is 13.0. The number of unbranched alkanes of at least 4 members (excludes halogenated alkanes) is 1. The molecular formula is C17H18F3N3O3. The summed E-state index contributed by atoms with van der Waals surface area (Å²) in [4.78, 5) is 23.5. The minimum absolute atomic E-state index is 0.0499. The highest BCUT2D eigenvalue weighted by atomic mass is 19.4. The SMILES string of the molecule is CCCC[C@H](NC(=O)c1cccc(-n2nccc2C(F)(F)F)c1)C(=O)O. The summed E-state index contributed by atoms with van der Waals surface area (Å²) in [6.07, 6.45) is -1.91. The molecule has 6 nitrogen and oxygen atoms in total. The molecule has 0 saturated heterocycles. The van der Waals surface area contributed by atoms with Crippen LogP contribution in [-0.4, -0.2) is 32.8 Å². The lowest BCUT2D eigenvalue weighted by Crippen LogP contribution is -2.40. The van der Waals surface area contributed by atoms with Crippen molar-refractivity contribution in [2.75, 3.05) is 0 Å². The minimum atomic E-state index is -4.59. The van der Waals surface area contributed by atoms with Gasteiger partial charge in [0, 0.05) is 5.56 Å². The lowest BCUT2D eigenvalue weighted by molar-refractivity contribution is -0.143. The van der Waals surface area contributed by atoms with Gasteiger partial charge in [-0.2, -0.15) is 18.3 Å². The van der Waals surface area contributed by atoms with Crippen molar-refractivity contribution in [3.8, 4) is 5.69 Å². The summed E-state index contributed by atoms with van der Waals surface area (Å²) in [5, 5.41) is 15.2. The molecule has 1 amide bonds. The first-order chi connectivity index (χ1) is 12.2. The first kappa shape index (κ1) is 19.5. The van der Waals surface area contributed by atoms with Crippen LogP contribution < -0.4 is 5.32 Å². The van der Waals surface area contributed by atoms with E-state index in [1.807, 2.05) is 6.92 Å². The monoisotopic (exact) mass is 369 g/mol. The van der Waals surface area contributed by atoms with Crippen LogP contribution >= 0.6 is 0 Å². The van der Waals surface area contributed by atoms with Gasteiger partial charge in [-0.3, -0.25) is 4.79 Å². The molecule has 140 valence electrons. The van der Waals surface area contributed by atoms with Gasteiger partial charge in [0.05, 0.1) is 11.9 Å². The first-order valence-corrected chi connectivity index (χ1v) is 7.99. The van der Waals surface area contributed by atoms with Crippen LogP contribution in [0.2, 0.25) is 0 Å². The normalized spacial score (nSPS) is 12.6. The van der Waals surface area contributed by atoms with E-state index in [9.17, 15) is 27.9 Å². The van der Waals surface area contributed by atoms with Gasteiger partial charge >= 0.3 is 12.1 Å². The van der Waals surface area contributed by atoms with Crippen molar-refractivity contribution in [3.05, 3.63) is 47.8 Å². The van der Waals surface area contributed by atoms with E-state index in [0.717, 1.165) is 18.7 Å². The summed E-state index contributed by atoms with van der Waals surface area (Å²) >= 11 is 0. The molecule has 2 rings (SSSR count). The maximum Gasteiger partial charge on any atom is 0.433 e. The number of carboxylic acid groups (broad SMARTS) is 1. The van der Waals surface area contributed by atoms with Crippen molar-refractivity contribution >= 4 is 11.9 Å². The fourth-order valence-corrected chi connectivity index (χ4v) is 2.41. The number of hydrogen-bond donors (Lipinski definition) is 2. The van der Waals surface area contributed by atoms with E-state index in [2.05, 4.69) is 10.4 Å². The number of halogens is 3. The van der Waals surface area contributed by atoms with Crippen LogP contribution in [0.4, 0.5) is 13.2 Å². The Hall–Kier alpha value is -2.84. The van der Waals surface area contributed by atoms with Crippen molar-refractivity contribution in [3.63, 3.8) is 0 Å². The molecule has 0 unspecified atom stereocenters. The second kappa shape index (κ2) is 8.03. The predicted octanol–water partition coefficient (Wildman–Crippen LogP) is 3.26. The van der Waals surface area contributed by atoms with Crippen molar-refractivity contribution < 1.29 is 27.9 Å². The van der Waals surface area contributed by atoms with Gasteiger partial charge in [-0.05, 0) is 30.7 Å². The highest BCUT2D eigenvalue weighted by molar-refractivity contribution is 5.97. The Labute approximate surface area is 147 Å². The third-order valence-corrected chi connectivity index (χ3v) is 3.74. The lowest BCUT2D eigenvalue weighted by Gasteiger charge is -2.15. The third kappa shape index (κ3) is 4.62. The number of aromatic nitrogens is 2. The van der Waals surface area contributed by atoms with E-state index < -0.39 is 29.8 Å². The molecule has 0 bridgehead atoms. The highest BCUT2D eigenvalue weighted by Gasteiger charge is 2.35. The number of amides is 1. The van der Waals surface area contributed by atoms with Gasteiger partial charge in [0.1, 0.15) is 11.7 Å². The molecule has 0 aliphatic carbocycles. The zero-order valence-electron chi connectivity index (χ0n) is 14.0. The van der Waals surface area contributed by atoms with E-state index in [0.29, 0.717) is 11.1 Å². The molecule has 26 heavy (non-hydrogen) atoms. The summed E-state index contributed by atoms with van der Waals surface area (Å²) in [5.41, 5.74) is -0.870. The van der Waals surface area contributed by atoms with Crippen LogP contribution in [0, 0.1) is 0 Å². The average Bonchev–Trinajstić information content (AvgIpc) is 3.08. The number of nitrogens with one attached hydrogen (secondary N) is 1. The predicted molar refractivity (Wildman–Crippen MR) is 87.0 cm³/mol. The van der Waals surface area contributed by atoms with Crippen LogP contribution in [-0.2, 0) is 11.0 Å². The molecule has 9 heteroatoms. The fraction of sp³-hybridized carbons (Fsp3) is 0.353. The maximum atomic E-state index is 13.0. The van der Waals surface area contributed by atoms with Gasteiger partial charge in [0.25, 0.3) is 5.91 Å². The number of aliphatic carboxylic acids is 1. The Bertz CT molecular complexity index is 787. The summed E-state index contributed by atoms with van der Waals surface area (Å²) < 4.78 is 39.7. The molecule has 0 spiro atoms. The summed E-state index contributed by atoms with van der Waals surface area (Å²) in [6, 6.07) is 5.20. The third-order valence-electron chi connectivity index (χ3n) is 3.74. The number of rotatable bonds is 7. The topological polar surface area (TPSA) is 84.2 Å². The molecule has 1 aromatic carbocycles. The van der Waals surface area contributed by atoms with E-state index in [-0.39, 0.29) is 17.7 Å². The zero-order valence-corrected chi connectivity index (χ0v) is 14.0. The molecular weight excluding hydrogens is 351 g/mol. The van der Waals surface area contributed by atoms with E-state index in [4.69, 9.17) is 0 Å². The van der Waals surface area contributed by atoms with E-state index in [1.54, 1.807) is 0 Å². The molecule has 0 aliphatic heterocycles. The van der Waals surface area contributed by atoms with Gasteiger partial charge in [-0.25, -0.2) is 9.48 Å². The number of carboxylic acids is 1. The first-order valence-electron chi connectivity index (χ1n) is 7.99. The number of carbonyl (C=O) groups excluding carboxylic acids is 1. The lowest BCUT2D eigenvalue weighted by atomic mass is 10.1. The Balaban J connectivity index is 2.25. The molecule has 2 N–H and O–H groups in total. The van der Waals surface area contributed by atoms with Crippen molar-refractivity contribution in [1.29, 1.82) is 0 Å². The molecule has 0 fully saturated rings. The standard InChI is InChI=1S/C17H18F3N3O3/c1-2-3-7-13(16(25)26)22-15(24)11-5-4-6-12(10-11)23-14(8-9-21-23)17(18,19)20/h4-6,8-10,13H,2-3,7H2,1H3,(H,22,24)(H,25,26)/t13-/m0/s1. The second-order valence-electron chi connectivity index (χ2n) is 5.68. The Morgan fingerprint density at radius 1 is 1.31 bits per heavy atom. The number of hydrogen-bond acceptors (Lipinski definition) is 3. The van der Waals surface area contributed by atoms with Crippen molar-refractivity contribution in [1.82, 2.24) is 15.1 Å². The quantitative estimate of drug-likeness (QED) is 0.785. The summed E-state index contributed by atoms with van der Waals surface area (Å²) in [6.45, 7) is 1.90. The van der Waals surface area contributed by atoms with Gasteiger partial charge in [0.15, 0.2) is 0 Å². The van der Waals surface area contributed by atoms with Gasteiger partial charge in [-0.1, -0.05) is 25.8 Å². The van der Waals surface area contributed by atoms with Gasteiger partial charge in [0.2, 0.25) is 0 Å². The average molecular weight is 369 g/mol. The fourth-order valence-electron chi connectivity index (χ4n) is 2.41. The number of carbonyl (C=O) groups is 2. The smallest absolute Gasteiger partial charge is 0.433 e. The molecule has 2 aromatic rings. The van der Waals surface area contributed by atoms with Crippen LogP contribution in [0.5, 0.6) is 0 Å². The van der Waals surface area contributed by atoms with Crippen LogP contribution in [0.3, 0.4) is 0 Å². The molecule has 0 saturated carbocycles. The van der Waals surface area contributed by atoms with Crippen molar-refractivity contribution in [2.45, 2.75) is 38.4 Å². The summed E-state index contributed by atoms with van der Waals surface area (Å²) in [7, 11) is 0. The molecule has 0 aliphatic rings. The zero-order chi connectivity index (χ0) is 19.3. The molecule has 0 radical (unpaired) electrons. The highest BCUT2D eigenvalue weighted by Crippen LogP contribution is 2.30. The number of benzene rings is 1. The Morgan fingerprint density at radius 2 is 2.04 bits per heavy atom. The Morgan fingerprint density at radius 3 is 2.65 bits per heavy atom. The van der Waals surface area contributed by atoms with Crippen molar-refractivity contribution in [2.24, 2.45) is 0 Å². The number of nitrogens with zero attached hydrogens (tertiary/aromatic N) is 2. The molecule has 1 aromatic heterocycles. The van der Waals surface area contributed by atoms with Crippen LogP contribution in [0.15, 0.2) is 36.5 Å². The molecule has 1 atom stereocenters. The minimum Gasteiger partial charge on any atom is -0.480 e. The number of alkyl halides is 3. The van der Waals surface area contributed by atoms with E-state index in [1.165, 1.54) is 24.3 Å². The Kier molecular flexibility index (Phi) is 6.01. The van der Waals surface area contributed by atoms with Crippen LogP contribution in [0.25, 0.3) is 5.69 Å². The largest absolute Gasteiger partial charge is 0.480 e. The van der Waals surface area contributed by atoms with E-state index >= 15 is 0 Å². The van der Waals surface area contributed by atoms with Gasteiger partial charge in [-0.15, -0.1) is 0 Å². The second-order valence-corrected chi connectivity index (χ2v) is 5.68. The van der Waals surface area contributed by atoms with Gasteiger partial charge < -0.3 is 10.4 Å².